The Kier molecular flexibility index (Phi) is 4.61. The highest BCUT2D eigenvalue weighted by atomic mass is 16.5. The van der Waals surface area contributed by atoms with E-state index in [1.165, 1.54) is 6.26 Å². The molecular formula is C19H18N2O3. The number of nitrogens with zero attached hydrogens (tertiary/aromatic N) is 1. The quantitative estimate of drug-likeness (QED) is 0.571. The number of amides is 1. The largest absolute Gasteiger partial charge is 0.490 e. The lowest BCUT2D eigenvalue weighted by atomic mass is 10.0. The predicted molar refractivity (Wildman–Crippen MR) is 93.5 cm³/mol. The molecule has 0 fully saturated rings. The number of hydrogen-bond acceptors (Lipinski definition) is 4. The van der Waals surface area contributed by atoms with Gasteiger partial charge < -0.3 is 9.15 Å². The van der Waals surface area contributed by atoms with Crippen LogP contribution in [0, 0.1) is 0 Å². The van der Waals surface area contributed by atoms with E-state index in [1.807, 2.05) is 50.2 Å². The molecular weight excluding hydrogens is 304 g/mol. The van der Waals surface area contributed by atoms with Crippen molar-refractivity contribution in [2.75, 3.05) is 0 Å². The van der Waals surface area contributed by atoms with Crippen LogP contribution < -0.4 is 10.2 Å². The molecule has 0 aliphatic carbocycles. The zero-order valence-corrected chi connectivity index (χ0v) is 13.5. The first-order valence-electron chi connectivity index (χ1n) is 7.70. The number of carbonyl (C=O) groups excluding carboxylic acids is 1. The minimum absolute atomic E-state index is 0.0380. The molecule has 2 aromatic carbocycles. The molecule has 0 bridgehead atoms. The minimum atomic E-state index is -0.400. The van der Waals surface area contributed by atoms with Gasteiger partial charge in [-0.15, -0.1) is 0 Å². The van der Waals surface area contributed by atoms with Crippen LogP contribution in [0.4, 0.5) is 0 Å². The maximum absolute atomic E-state index is 11.9. The van der Waals surface area contributed by atoms with Crippen molar-refractivity contribution in [1.82, 2.24) is 5.43 Å². The number of hydrazone groups is 1. The summed E-state index contributed by atoms with van der Waals surface area (Å²) in [6.07, 6.45) is 3.08. The van der Waals surface area contributed by atoms with Crippen molar-refractivity contribution >= 4 is 22.9 Å². The molecule has 24 heavy (non-hydrogen) atoms. The van der Waals surface area contributed by atoms with Gasteiger partial charge in [-0.25, -0.2) is 5.43 Å². The van der Waals surface area contributed by atoms with Crippen LogP contribution in [-0.4, -0.2) is 18.2 Å². The Morgan fingerprint density at radius 3 is 2.75 bits per heavy atom. The third kappa shape index (κ3) is 3.46. The van der Waals surface area contributed by atoms with E-state index < -0.39 is 5.91 Å². The second kappa shape index (κ2) is 7.00. The Balaban J connectivity index is 1.91. The standard InChI is InChI=1S/C19H18N2O3/c1-13(2)24-17-10-9-14-6-3-4-7-15(14)16(17)12-20-21-19(22)18-8-5-11-23-18/h3-13H,1-2H3,(H,21,22)/b20-12-. The summed E-state index contributed by atoms with van der Waals surface area (Å²) in [6, 6.07) is 15.1. The molecule has 0 spiro atoms. The van der Waals surface area contributed by atoms with Crippen molar-refractivity contribution in [3.8, 4) is 5.75 Å². The average Bonchev–Trinajstić information content (AvgIpc) is 3.10. The first kappa shape index (κ1) is 15.8. The van der Waals surface area contributed by atoms with E-state index in [1.54, 1.807) is 18.3 Å². The first-order chi connectivity index (χ1) is 11.6. The van der Waals surface area contributed by atoms with E-state index in [-0.39, 0.29) is 11.9 Å². The number of carbonyl (C=O) groups is 1. The van der Waals surface area contributed by atoms with Crippen molar-refractivity contribution < 1.29 is 13.9 Å². The van der Waals surface area contributed by atoms with Crippen LogP contribution in [0.15, 0.2) is 64.3 Å². The van der Waals surface area contributed by atoms with Gasteiger partial charge in [-0.3, -0.25) is 4.79 Å². The second-order valence-electron chi connectivity index (χ2n) is 5.54. The number of ether oxygens (including phenoxy) is 1. The van der Waals surface area contributed by atoms with Gasteiger partial charge in [0.25, 0.3) is 0 Å². The molecule has 0 aliphatic heterocycles. The fraction of sp³-hybridized carbons (Fsp3) is 0.158. The number of benzene rings is 2. The van der Waals surface area contributed by atoms with Gasteiger partial charge in [-0.05, 0) is 42.8 Å². The number of fused-ring (bicyclic) bond motifs is 1. The lowest BCUT2D eigenvalue weighted by molar-refractivity contribution is 0.0927. The molecule has 1 amide bonds. The van der Waals surface area contributed by atoms with E-state index >= 15 is 0 Å². The van der Waals surface area contributed by atoms with Crippen LogP contribution in [0.1, 0.15) is 30.0 Å². The smallest absolute Gasteiger partial charge is 0.307 e. The Bertz CT molecular complexity index is 867. The molecule has 3 aromatic rings. The Morgan fingerprint density at radius 1 is 1.17 bits per heavy atom. The fourth-order valence-corrected chi connectivity index (χ4v) is 2.38. The summed E-state index contributed by atoms with van der Waals surface area (Å²) in [7, 11) is 0. The zero-order chi connectivity index (χ0) is 16.9. The molecule has 1 heterocycles. The van der Waals surface area contributed by atoms with Gasteiger partial charge in [0.15, 0.2) is 5.76 Å². The molecule has 122 valence electrons. The van der Waals surface area contributed by atoms with Crippen LogP contribution in [0.3, 0.4) is 0 Å². The lowest BCUT2D eigenvalue weighted by Crippen LogP contribution is -2.17. The average molecular weight is 322 g/mol. The third-order valence-electron chi connectivity index (χ3n) is 3.40. The summed E-state index contributed by atoms with van der Waals surface area (Å²) in [4.78, 5) is 11.9. The van der Waals surface area contributed by atoms with Crippen LogP contribution in [0.25, 0.3) is 10.8 Å². The highest BCUT2D eigenvalue weighted by Gasteiger charge is 2.10. The summed E-state index contributed by atoms with van der Waals surface area (Å²) in [5, 5.41) is 6.13. The SMILES string of the molecule is CC(C)Oc1ccc2ccccc2c1/C=N\NC(=O)c1ccco1. The summed E-state index contributed by atoms with van der Waals surface area (Å²) in [5.41, 5.74) is 3.28. The first-order valence-corrected chi connectivity index (χ1v) is 7.70. The van der Waals surface area contributed by atoms with E-state index in [2.05, 4.69) is 10.5 Å². The van der Waals surface area contributed by atoms with Gasteiger partial charge in [-0.1, -0.05) is 30.3 Å². The van der Waals surface area contributed by atoms with Crippen LogP contribution in [-0.2, 0) is 0 Å². The van der Waals surface area contributed by atoms with E-state index in [0.29, 0.717) is 0 Å². The van der Waals surface area contributed by atoms with Crippen molar-refractivity contribution in [3.63, 3.8) is 0 Å². The van der Waals surface area contributed by atoms with Gasteiger partial charge in [0, 0.05) is 5.56 Å². The van der Waals surface area contributed by atoms with Crippen LogP contribution in [0.5, 0.6) is 5.75 Å². The number of nitrogens with one attached hydrogen (secondary N) is 1. The van der Waals surface area contributed by atoms with Crippen molar-refractivity contribution in [2.24, 2.45) is 5.10 Å². The molecule has 1 N–H and O–H groups in total. The molecule has 0 unspecified atom stereocenters. The normalized spacial score (nSPS) is 11.3. The summed E-state index contributed by atoms with van der Waals surface area (Å²) < 4.78 is 10.9. The molecule has 5 nitrogen and oxygen atoms in total. The van der Waals surface area contributed by atoms with Crippen molar-refractivity contribution in [2.45, 2.75) is 20.0 Å². The van der Waals surface area contributed by atoms with Crippen molar-refractivity contribution in [3.05, 3.63) is 66.1 Å². The highest BCUT2D eigenvalue weighted by Crippen LogP contribution is 2.27. The highest BCUT2D eigenvalue weighted by molar-refractivity contribution is 6.03. The third-order valence-corrected chi connectivity index (χ3v) is 3.40. The topological polar surface area (TPSA) is 63.8 Å². The van der Waals surface area contributed by atoms with Crippen LogP contribution in [0.2, 0.25) is 0 Å². The van der Waals surface area contributed by atoms with Gasteiger partial charge in [0.2, 0.25) is 0 Å². The number of hydrogen-bond donors (Lipinski definition) is 1. The summed E-state index contributed by atoms with van der Waals surface area (Å²) in [5.74, 6) is 0.534. The van der Waals surface area contributed by atoms with Gasteiger partial charge >= 0.3 is 5.91 Å². The Hall–Kier alpha value is -3.08. The van der Waals surface area contributed by atoms with Gasteiger partial charge in [0.05, 0.1) is 18.6 Å². The molecule has 5 heteroatoms. The van der Waals surface area contributed by atoms with E-state index in [4.69, 9.17) is 9.15 Å². The Morgan fingerprint density at radius 2 is 2.00 bits per heavy atom. The Labute approximate surface area is 139 Å². The summed E-state index contributed by atoms with van der Waals surface area (Å²) in [6.45, 7) is 3.93. The molecule has 0 radical (unpaired) electrons. The molecule has 0 saturated carbocycles. The number of furan rings is 1. The summed E-state index contributed by atoms with van der Waals surface area (Å²) >= 11 is 0. The van der Waals surface area contributed by atoms with E-state index in [9.17, 15) is 4.79 Å². The maximum Gasteiger partial charge on any atom is 0.307 e. The van der Waals surface area contributed by atoms with Crippen LogP contribution >= 0.6 is 0 Å². The van der Waals surface area contributed by atoms with E-state index in [0.717, 1.165) is 22.1 Å². The minimum Gasteiger partial charge on any atom is -0.490 e. The molecule has 0 atom stereocenters. The van der Waals surface area contributed by atoms with Gasteiger partial charge in [-0.2, -0.15) is 5.10 Å². The molecule has 0 aliphatic rings. The second-order valence-corrected chi connectivity index (χ2v) is 5.54. The molecule has 3 rings (SSSR count). The fourth-order valence-electron chi connectivity index (χ4n) is 2.38. The van der Waals surface area contributed by atoms with Crippen molar-refractivity contribution in [1.29, 1.82) is 0 Å². The molecule has 0 saturated heterocycles. The monoisotopic (exact) mass is 322 g/mol. The predicted octanol–water partition coefficient (Wildman–Crippen LogP) is 3.98. The molecule has 1 aromatic heterocycles. The maximum atomic E-state index is 11.9. The number of rotatable bonds is 5. The lowest BCUT2D eigenvalue weighted by Gasteiger charge is -2.14. The zero-order valence-electron chi connectivity index (χ0n) is 13.5. The van der Waals surface area contributed by atoms with Gasteiger partial charge in [0.1, 0.15) is 5.75 Å².